The summed E-state index contributed by atoms with van der Waals surface area (Å²) in [6.07, 6.45) is -2.90. The molecule has 1 aliphatic rings. The summed E-state index contributed by atoms with van der Waals surface area (Å²) in [7, 11) is 1.68. The number of nitrogens with zero attached hydrogens (tertiary/aromatic N) is 2. The lowest BCUT2D eigenvalue weighted by Crippen LogP contribution is -2.40. The number of carbonyl (C=O) groups is 1. The highest BCUT2D eigenvalue weighted by Crippen LogP contribution is 2.33. The van der Waals surface area contributed by atoms with E-state index in [2.05, 4.69) is 5.32 Å². The van der Waals surface area contributed by atoms with Gasteiger partial charge in [0.2, 0.25) is 0 Å². The molecule has 0 unspecified atom stereocenters. The molecule has 1 aromatic heterocycles. The molecule has 0 atom stereocenters. The van der Waals surface area contributed by atoms with Crippen molar-refractivity contribution in [2.75, 3.05) is 36.5 Å². The summed E-state index contributed by atoms with van der Waals surface area (Å²) in [5.41, 5.74) is 7.62. The molecule has 0 saturated carbocycles. The van der Waals surface area contributed by atoms with Crippen LogP contribution in [0, 0.1) is 6.92 Å². The Morgan fingerprint density at radius 1 is 1.11 bits per heavy atom. The van der Waals surface area contributed by atoms with Gasteiger partial charge in [0.05, 0.1) is 18.8 Å². The quantitative estimate of drug-likeness (QED) is 0.554. The van der Waals surface area contributed by atoms with Gasteiger partial charge in [0.25, 0.3) is 11.5 Å². The van der Waals surface area contributed by atoms with Crippen LogP contribution in [0.25, 0.3) is 11.1 Å². The van der Waals surface area contributed by atoms with Gasteiger partial charge in [-0.15, -0.1) is 0 Å². The number of hydrogen-bond donors (Lipinski definition) is 2. The van der Waals surface area contributed by atoms with Crippen LogP contribution >= 0.6 is 0 Å². The number of aryl methyl sites for hydroxylation is 2. The fourth-order valence-corrected chi connectivity index (χ4v) is 4.25. The zero-order valence-electron chi connectivity index (χ0n) is 20.0. The first-order chi connectivity index (χ1) is 17.1. The maximum Gasteiger partial charge on any atom is 0.416 e. The van der Waals surface area contributed by atoms with E-state index in [0.29, 0.717) is 37.7 Å². The minimum absolute atomic E-state index is 0.0811. The molecule has 1 amide bonds. The maximum absolute atomic E-state index is 13.4. The molecule has 0 radical (unpaired) electrons. The Morgan fingerprint density at radius 2 is 1.83 bits per heavy atom. The molecule has 0 aliphatic carbocycles. The number of rotatable bonds is 5. The molecule has 190 valence electrons. The second kappa shape index (κ2) is 10.2. The number of morpholine rings is 1. The van der Waals surface area contributed by atoms with Crippen molar-refractivity contribution in [3.63, 3.8) is 0 Å². The number of nitrogens with two attached hydrogens (primary N) is 1. The van der Waals surface area contributed by atoms with Gasteiger partial charge in [-0.25, -0.2) is 0 Å². The van der Waals surface area contributed by atoms with Crippen molar-refractivity contribution in [3.8, 4) is 11.1 Å². The van der Waals surface area contributed by atoms with Crippen molar-refractivity contribution in [1.29, 1.82) is 0 Å². The smallest absolute Gasteiger partial charge is 0.378 e. The number of nitrogens with one attached hydrogen (secondary N) is 1. The average Bonchev–Trinajstić information content (AvgIpc) is 2.86. The fraction of sp³-hybridized carbons (Fsp3) is 0.308. The Balaban J connectivity index is 1.66. The highest BCUT2D eigenvalue weighted by molar-refractivity contribution is 6.04. The SMILES string of the molecule is Cc1ccc(NC(=O)c2ccc(CN)c(C(F)(F)F)c2)cc1-c1cc(N2CCOCC2)c(=O)n(C)c1. The van der Waals surface area contributed by atoms with Gasteiger partial charge in [0.15, 0.2) is 0 Å². The lowest BCUT2D eigenvalue weighted by Gasteiger charge is -2.29. The molecule has 36 heavy (non-hydrogen) atoms. The standard InChI is InChI=1S/C26H27F3N4O3/c1-16-3-6-20(31-24(34)17-4-5-18(14-30)22(11-17)26(27,28)29)13-21(16)19-12-23(25(35)32(2)15-19)33-7-9-36-10-8-33/h3-6,11-13,15H,7-10,14,30H2,1-2H3,(H,31,34). The van der Waals surface area contributed by atoms with Gasteiger partial charge in [0.1, 0.15) is 5.69 Å². The summed E-state index contributed by atoms with van der Waals surface area (Å²) in [6.45, 7) is 3.91. The lowest BCUT2D eigenvalue weighted by atomic mass is 10.00. The molecule has 7 nitrogen and oxygen atoms in total. The number of pyridine rings is 1. The zero-order valence-corrected chi connectivity index (χ0v) is 20.0. The number of hydrogen-bond acceptors (Lipinski definition) is 5. The third-order valence-electron chi connectivity index (χ3n) is 6.22. The normalized spacial score (nSPS) is 14.1. The summed E-state index contributed by atoms with van der Waals surface area (Å²) in [5, 5.41) is 2.68. The molecule has 10 heteroatoms. The van der Waals surface area contributed by atoms with E-state index < -0.39 is 17.6 Å². The van der Waals surface area contributed by atoms with E-state index in [4.69, 9.17) is 10.5 Å². The van der Waals surface area contributed by atoms with Crippen molar-refractivity contribution in [2.45, 2.75) is 19.6 Å². The summed E-state index contributed by atoms with van der Waals surface area (Å²) in [4.78, 5) is 27.6. The first-order valence-electron chi connectivity index (χ1n) is 11.4. The van der Waals surface area contributed by atoms with Gasteiger partial charge in [-0.05, 0) is 53.9 Å². The Labute approximate surface area is 206 Å². The van der Waals surface area contributed by atoms with Gasteiger partial charge in [-0.1, -0.05) is 12.1 Å². The average molecular weight is 501 g/mol. The largest absolute Gasteiger partial charge is 0.416 e. The highest BCUT2D eigenvalue weighted by Gasteiger charge is 2.33. The summed E-state index contributed by atoms with van der Waals surface area (Å²) in [5.74, 6) is -0.673. The summed E-state index contributed by atoms with van der Waals surface area (Å²) < 4.78 is 47.1. The molecular weight excluding hydrogens is 473 g/mol. The molecule has 0 bridgehead atoms. The van der Waals surface area contributed by atoms with E-state index in [9.17, 15) is 22.8 Å². The number of amides is 1. The first kappa shape index (κ1) is 25.5. The molecule has 2 aromatic carbocycles. The van der Waals surface area contributed by atoms with Crippen molar-refractivity contribution >= 4 is 17.3 Å². The van der Waals surface area contributed by atoms with Gasteiger partial charge < -0.3 is 25.3 Å². The summed E-state index contributed by atoms with van der Waals surface area (Å²) in [6, 6.07) is 10.4. The second-order valence-corrected chi connectivity index (χ2v) is 8.69. The van der Waals surface area contributed by atoms with E-state index in [1.54, 1.807) is 25.4 Å². The number of aromatic nitrogens is 1. The van der Waals surface area contributed by atoms with Crippen LogP contribution in [-0.2, 0) is 24.5 Å². The molecule has 0 spiro atoms. The van der Waals surface area contributed by atoms with Crippen LogP contribution in [0.5, 0.6) is 0 Å². The minimum atomic E-state index is -4.62. The second-order valence-electron chi connectivity index (χ2n) is 8.69. The van der Waals surface area contributed by atoms with Crippen LogP contribution in [0.15, 0.2) is 53.5 Å². The maximum atomic E-state index is 13.4. The number of carbonyl (C=O) groups excluding carboxylic acids is 1. The third kappa shape index (κ3) is 5.29. The molecular formula is C26H27F3N4O3. The van der Waals surface area contributed by atoms with Crippen molar-refractivity contribution in [1.82, 2.24) is 4.57 Å². The molecule has 1 fully saturated rings. The number of anilines is 2. The van der Waals surface area contributed by atoms with E-state index in [-0.39, 0.29) is 23.2 Å². The van der Waals surface area contributed by atoms with Crippen LogP contribution in [0.1, 0.15) is 27.0 Å². The predicted octanol–water partition coefficient (Wildman–Crippen LogP) is 3.93. The first-order valence-corrected chi connectivity index (χ1v) is 11.4. The monoisotopic (exact) mass is 500 g/mol. The Kier molecular flexibility index (Phi) is 7.18. The Hall–Kier alpha value is -3.63. The van der Waals surface area contributed by atoms with E-state index in [0.717, 1.165) is 22.8 Å². The van der Waals surface area contributed by atoms with Gasteiger partial charge in [-0.2, -0.15) is 13.2 Å². The number of alkyl halides is 3. The van der Waals surface area contributed by atoms with Gasteiger partial charge in [0, 0.05) is 49.7 Å². The van der Waals surface area contributed by atoms with Crippen molar-refractivity contribution in [2.24, 2.45) is 12.8 Å². The lowest BCUT2D eigenvalue weighted by molar-refractivity contribution is -0.138. The third-order valence-corrected chi connectivity index (χ3v) is 6.22. The molecule has 3 N–H and O–H groups in total. The van der Waals surface area contributed by atoms with E-state index >= 15 is 0 Å². The summed E-state index contributed by atoms with van der Waals surface area (Å²) >= 11 is 0. The Bertz CT molecular complexity index is 1350. The van der Waals surface area contributed by atoms with Crippen molar-refractivity contribution in [3.05, 3.63) is 81.3 Å². The topological polar surface area (TPSA) is 89.6 Å². The molecule has 4 rings (SSSR count). The number of halogens is 3. The molecule has 1 saturated heterocycles. The van der Waals surface area contributed by atoms with Gasteiger partial charge >= 0.3 is 6.18 Å². The molecule has 2 heterocycles. The van der Waals surface area contributed by atoms with Crippen LogP contribution in [-0.4, -0.2) is 36.8 Å². The van der Waals surface area contributed by atoms with Gasteiger partial charge in [-0.3, -0.25) is 9.59 Å². The van der Waals surface area contributed by atoms with Crippen LogP contribution < -0.4 is 21.5 Å². The van der Waals surface area contributed by atoms with E-state index in [1.165, 1.54) is 16.7 Å². The van der Waals surface area contributed by atoms with Crippen LogP contribution in [0.3, 0.4) is 0 Å². The van der Waals surface area contributed by atoms with Crippen molar-refractivity contribution < 1.29 is 22.7 Å². The molecule has 1 aliphatic heterocycles. The van der Waals surface area contributed by atoms with E-state index in [1.807, 2.05) is 24.0 Å². The predicted molar refractivity (Wildman–Crippen MR) is 132 cm³/mol. The minimum Gasteiger partial charge on any atom is -0.378 e. The number of ether oxygens (including phenoxy) is 1. The zero-order chi connectivity index (χ0) is 26.0. The Morgan fingerprint density at radius 3 is 2.50 bits per heavy atom. The fourth-order valence-electron chi connectivity index (χ4n) is 4.25. The number of benzene rings is 2. The highest BCUT2D eigenvalue weighted by atomic mass is 19.4. The molecule has 3 aromatic rings. The van der Waals surface area contributed by atoms with Crippen LogP contribution in [0.4, 0.5) is 24.5 Å². The van der Waals surface area contributed by atoms with Crippen LogP contribution in [0.2, 0.25) is 0 Å².